The number of halogens is 1. The van der Waals surface area contributed by atoms with Crippen molar-refractivity contribution < 1.29 is 28.3 Å². The minimum absolute atomic E-state index is 0.000526. The molecular weight excluding hydrogens is 286 g/mol. The third kappa shape index (κ3) is 2.77. The first kappa shape index (κ1) is 16.8. The average molecular weight is 304 g/mol. The maximum absolute atomic E-state index is 14.2. The Balaban J connectivity index is 3.45. The largest absolute Gasteiger partial charge is 0.465 e. The first-order valence-corrected chi connectivity index (χ1v) is 7.78. The molecule has 1 aromatic carbocycles. The maximum atomic E-state index is 14.2. The van der Waals surface area contributed by atoms with E-state index in [9.17, 15) is 23.5 Å². The van der Waals surface area contributed by atoms with E-state index >= 15 is 0 Å². The first-order chi connectivity index (χ1) is 9.23. The van der Waals surface area contributed by atoms with E-state index in [2.05, 4.69) is 4.74 Å². The molecule has 0 aliphatic rings. The summed E-state index contributed by atoms with van der Waals surface area (Å²) in [5.41, 5.74) is -0.0796. The summed E-state index contributed by atoms with van der Waals surface area (Å²) in [6.07, 6.45) is 0.171. The molecular formula is C13H18FO5P. The molecule has 0 bridgehead atoms. The Morgan fingerprint density at radius 2 is 1.90 bits per heavy atom. The Hall–Kier alpha value is -1.23. The van der Waals surface area contributed by atoms with Gasteiger partial charge in [-0.05, 0) is 25.0 Å². The van der Waals surface area contributed by atoms with Crippen LogP contribution in [0.25, 0.3) is 0 Å². The molecule has 0 heterocycles. The van der Waals surface area contributed by atoms with Crippen LogP contribution in [0.15, 0.2) is 18.2 Å². The van der Waals surface area contributed by atoms with Crippen molar-refractivity contribution in [2.24, 2.45) is 0 Å². The van der Waals surface area contributed by atoms with Crippen molar-refractivity contribution in [1.82, 2.24) is 0 Å². The summed E-state index contributed by atoms with van der Waals surface area (Å²) in [4.78, 5) is 30.5. The quantitative estimate of drug-likeness (QED) is 0.645. The minimum Gasteiger partial charge on any atom is -0.465 e. The second kappa shape index (κ2) is 6.04. The van der Waals surface area contributed by atoms with E-state index in [0.29, 0.717) is 0 Å². The summed E-state index contributed by atoms with van der Waals surface area (Å²) in [6, 6.07) is 3.49. The van der Waals surface area contributed by atoms with Crippen LogP contribution < -0.4 is 0 Å². The highest BCUT2D eigenvalue weighted by Crippen LogP contribution is 2.61. The maximum Gasteiger partial charge on any atom is 0.337 e. The molecule has 0 aliphatic carbocycles. The zero-order chi connectivity index (χ0) is 15.6. The van der Waals surface area contributed by atoms with E-state index in [1.54, 1.807) is 13.8 Å². The second-order valence-electron chi connectivity index (χ2n) is 4.47. The molecule has 7 heteroatoms. The van der Waals surface area contributed by atoms with Crippen molar-refractivity contribution in [2.45, 2.75) is 31.8 Å². The third-order valence-electron chi connectivity index (χ3n) is 3.62. The van der Waals surface area contributed by atoms with E-state index in [1.165, 1.54) is 19.2 Å². The van der Waals surface area contributed by atoms with Crippen molar-refractivity contribution in [1.29, 1.82) is 0 Å². The van der Waals surface area contributed by atoms with Crippen LogP contribution in [0, 0.1) is 5.82 Å². The number of hydrogen-bond acceptors (Lipinski definition) is 3. The molecule has 20 heavy (non-hydrogen) atoms. The van der Waals surface area contributed by atoms with E-state index in [0.717, 1.165) is 6.07 Å². The average Bonchev–Trinajstić information content (AvgIpc) is 2.39. The van der Waals surface area contributed by atoms with Gasteiger partial charge in [-0.2, -0.15) is 0 Å². The van der Waals surface area contributed by atoms with E-state index in [-0.39, 0.29) is 24.0 Å². The molecule has 0 amide bonds. The van der Waals surface area contributed by atoms with Crippen LogP contribution >= 0.6 is 7.60 Å². The predicted octanol–water partition coefficient (Wildman–Crippen LogP) is 2.81. The summed E-state index contributed by atoms with van der Waals surface area (Å²) in [5, 5.41) is -1.58. The zero-order valence-corrected chi connectivity index (χ0v) is 12.5. The molecule has 0 saturated heterocycles. The van der Waals surface area contributed by atoms with Crippen molar-refractivity contribution in [3.8, 4) is 0 Å². The number of carbonyl (C=O) groups is 1. The normalized spacial score (nSPS) is 12.3. The van der Waals surface area contributed by atoms with Crippen molar-refractivity contribution >= 4 is 13.6 Å². The number of methoxy groups -OCH3 is 1. The summed E-state index contributed by atoms with van der Waals surface area (Å²) < 4.78 is 30.5. The number of hydrogen-bond donors (Lipinski definition) is 2. The Bertz CT molecular complexity index is 548. The lowest BCUT2D eigenvalue weighted by molar-refractivity contribution is 0.0600. The standard InChI is InChI=1S/C13H18FO5P/c1-4-13(5-2,20(16,17)18)10-7-6-9(8-11(10)14)12(15)19-3/h6-8H,4-5H2,1-3H3,(H2,16,17,18). The Morgan fingerprint density at radius 1 is 1.35 bits per heavy atom. The molecule has 0 aromatic heterocycles. The summed E-state index contributed by atoms with van der Waals surface area (Å²) in [6.45, 7) is 3.19. The van der Waals surface area contributed by atoms with Crippen molar-refractivity contribution in [3.63, 3.8) is 0 Å². The van der Waals surface area contributed by atoms with Gasteiger partial charge in [-0.1, -0.05) is 19.9 Å². The molecule has 0 aliphatic heterocycles. The van der Waals surface area contributed by atoms with Gasteiger partial charge in [-0.3, -0.25) is 4.57 Å². The summed E-state index contributed by atoms with van der Waals surface area (Å²) in [5.74, 6) is -1.52. The lowest BCUT2D eigenvalue weighted by Gasteiger charge is -2.33. The Kier molecular flexibility index (Phi) is 5.08. The molecule has 0 spiro atoms. The van der Waals surface area contributed by atoms with Gasteiger partial charge < -0.3 is 14.5 Å². The van der Waals surface area contributed by atoms with Crippen molar-refractivity contribution in [2.75, 3.05) is 7.11 Å². The SMILES string of the molecule is CCC(CC)(c1ccc(C(=O)OC)cc1F)P(=O)(O)O. The van der Waals surface area contributed by atoms with Crippen molar-refractivity contribution in [3.05, 3.63) is 35.1 Å². The van der Waals surface area contributed by atoms with Gasteiger partial charge in [-0.25, -0.2) is 9.18 Å². The molecule has 5 nitrogen and oxygen atoms in total. The van der Waals surface area contributed by atoms with Crippen LogP contribution in [0.1, 0.15) is 42.6 Å². The fraction of sp³-hybridized carbons (Fsp3) is 0.462. The van der Waals surface area contributed by atoms with Gasteiger partial charge in [0.15, 0.2) is 0 Å². The molecule has 0 saturated carbocycles. The minimum atomic E-state index is -4.56. The predicted molar refractivity (Wildman–Crippen MR) is 72.0 cm³/mol. The van der Waals surface area contributed by atoms with Crippen LogP contribution in [0.3, 0.4) is 0 Å². The topological polar surface area (TPSA) is 83.8 Å². The smallest absolute Gasteiger partial charge is 0.337 e. The lowest BCUT2D eigenvalue weighted by atomic mass is 9.91. The number of ether oxygens (including phenoxy) is 1. The van der Waals surface area contributed by atoms with Gasteiger partial charge in [0, 0.05) is 5.56 Å². The number of carbonyl (C=O) groups excluding carboxylic acids is 1. The van der Waals surface area contributed by atoms with Crippen LogP contribution in [0.4, 0.5) is 4.39 Å². The second-order valence-corrected chi connectivity index (χ2v) is 6.41. The van der Waals surface area contributed by atoms with Crippen LogP contribution in [0.5, 0.6) is 0 Å². The fourth-order valence-electron chi connectivity index (χ4n) is 2.34. The number of rotatable bonds is 5. The molecule has 2 N–H and O–H groups in total. The summed E-state index contributed by atoms with van der Waals surface area (Å²) in [7, 11) is -3.38. The highest BCUT2D eigenvalue weighted by molar-refractivity contribution is 7.53. The van der Waals surface area contributed by atoms with Gasteiger partial charge in [0.05, 0.1) is 17.8 Å². The van der Waals surface area contributed by atoms with Crippen LogP contribution in [0.2, 0.25) is 0 Å². The first-order valence-electron chi connectivity index (χ1n) is 6.17. The zero-order valence-electron chi connectivity index (χ0n) is 11.6. The molecule has 1 rings (SSSR count). The van der Waals surface area contributed by atoms with Gasteiger partial charge in [-0.15, -0.1) is 0 Å². The molecule has 1 aromatic rings. The molecule has 0 unspecified atom stereocenters. The van der Waals surface area contributed by atoms with Crippen LogP contribution in [-0.4, -0.2) is 22.9 Å². The number of esters is 1. The molecule has 112 valence electrons. The highest BCUT2D eigenvalue weighted by Gasteiger charge is 2.47. The molecule has 0 radical (unpaired) electrons. The van der Waals surface area contributed by atoms with Gasteiger partial charge in [0.25, 0.3) is 0 Å². The molecule has 0 fully saturated rings. The van der Waals surface area contributed by atoms with E-state index in [4.69, 9.17) is 0 Å². The fourth-order valence-corrected chi connectivity index (χ4v) is 3.66. The lowest BCUT2D eigenvalue weighted by Crippen LogP contribution is -2.26. The molecule has 0 atom stereocenters. The van der Waals surface area contributed by atoms with Gasteiger partial charge in [0.2, 0.25) is 0 Å². The van der Waals surface area contributed by atoms with Crippen LogP contribution in [-0.2, 0) is 14.5 Å². The number of benzene rings is 1. The Morgan fingerprint density at radius 3 is 2.25 bits per heavy atom. The summed E-state index contributed by atoms with van der Waals surface area (Å²) >= 11 is 0. The monoisotopic (exact) mass is 304 g/mol. The van der Waals surface area contributed by atoms with E-state index < -0.39 is 24.5 Å². The van der Waals surface area contributed by atoms with Gasteiger partial charge >= 0.3 is 13.6 Å². The Labute approximate surface area is 116 Å². The highest BCUT2D eigenvalue weighted by atomic mass is 31.2. The van der Waals surface area contributed by atoms with E-state index in [1.807, 2.05) is 0 Å². The third-order valence-corrected chi connectivity index (χ3v) is 5.61. The van der Waals surface area contributed by atoms with Gasteiger partial charge in [0.1, 0.15) is 5.82 Å².